The van der Waals surface area contributed by atoms with E-state index in [9.17, 15) is 9.59 Å². The minimum Gasteiger partial charge on any atom is -0.303 e. The van der Waals surface area contributed by atoms with Crippen LogP contribution in [0.5, 0.6) is 0 Å². The first-order chi connectivity index (χ1) is 27.4. The largest absolute Gasteiger partial charge is 0.328 e. The van der Waals surface area contributed by atoms with Gasteiger partial charge in [0.1, 0.15) is 23.7 Å². The lowest BCUT2D eigenvalue weighted by molar-refractivity contribution is 0.771. The highest BCUT2D eigenvalue weighted by Crippen LogP contribution is 2.20. The van der Waals surface area contributed by atoms with Crippen LogP contribution in [-0.4, -0.2) is 68.1 Å². The molecule has 56 heavy (non-hydrogen) atoms. The van der Waals surface area contributed by atoms with Gasteiger partial charge in [-0.15, -0.1) is 0 Å². The van der Waals surface area contributed by atoms with E-state index in [0.717, 1.165) is 27.7 Å². The van der Waals surface area contributed by atoms with Crippen LogP contribution < -0.4 is 11.4 Å². The number of aromatic amines is 2. The van der Waals surface area contributed by atoms with Gasteiger partial charge in [-0.3, -0.25) is 28.2 Å². The molecule has 8 heterocycles. The maximum Gasteiger partial charge on any atom is 0.328 e. The topological polar surface area (TPSA) is 236 Å². The quantitative estimate of drug-likeness (QED) is 0.249. The van der Waals surface area contributed by atoms with Crippen LogP contribution >= 0.6 is 0 Å². The number of nitriles is 2. The molecule has 2 N–H and O–H groups in total. The molecule has 18 heteroatoms. The van der Waals surface area contributed by atoms with E-state index in [1.807, 2.05) is 24.3 Å². The lowest BCUT2D eigenvalue weighted by Gasteiger charge is -2.05. The Bertz CT molecular complexity index is 3290. The molecule has 0 fully saturated rings. The molecule has 0 saturated carbocycles. The fourth-order valence-corrected chi connectivity index (χ4v) is 6.23. The van der Waals surface area contributed by atoms with Crippen molar-refractivity contribution >= 4 is 44.4 Å². The van der Waals surface area contributed by atoms with Gasteiger partial charge in [-0.05, 0) is 59.7 Å². The highest BCUT2D eigenvalue weighted by atomic mass is 16.1. The van der Waals surface area contributed by atoms with E-state index < -0.39 is 0 Å². The number of hydrogen-bond donors (Lipinski definition) is 2. The third kappa shape index (κ3) is 6.06. The molecule has 0 aliphatic rings. The van der Waals surface area contributed by atoms with Crippen LogP contribution in [0.3, 0.4) is 0 Å². The summed E-state index contributed by atoms with van der Waals surface area (Å²) in [5, 5.41) is 18.2. The van der Waals surface area contributed by atoms with Crippen LogP contribution in [0.15, 0.2) is 120 Å². The standard InChI is InChI=1S/2C19H12N8O/c20-7-12-3-4-16-14(6-12)23-11-27(16)18-22-9-15-17(25-18)26(19(28)24-15)10-13-2-1-5-21-8-13;20-7-12-3-4-14-16(6-12)27(11-23-14)18-22-9-15-17(25-18)26(19(28)24-15)10-13-2-1-5-21-8-13/h2*1-6,8-9,11H,10H2,(H,24,28). The van der Waals surface area contributed by atoms with Crippen LogP contribution in [-0.2, 0) is 13.1 Å². The molecular formula is C38H24N16O2. The number of nitrogens with zero attached hydrogens (tertiary/aromatic N) is 14. The van der Waals surface area contributed by atoms with Crippen molar-refractivity contribution < 1.29 is 0 Å². The van der Waals surface area contributed by atoms with E-state index in [0.29, 0.717) is 64.0 Å². The molecule has 2 aromatic carbocycles. The van der Waals surface area contributed by atoms with Crippen LogP contribution in [0.4, 0.5) is 0 Å². The van der Waals surface area contributed by atoms with Crippen LogP contribution in [0.1, 0.15) is 22.3 Å². The lowest BCUT2D eigenvalue weighted by atomic mass is 10.2. The van der Waals surface area contributed by atoms with E-state index in [4.69, 9.17) is 10.5 Å². The van der Waals surface area contributed by atoms with Crippen molar-refractivity contribution in [1.82, 2.24) is 68.1 Å². The average molecular weight is 737 g/mol. The Morgan fingerprint density at radius 3 is 1.68 bits per heavy atom. The molecule has 0 aliphatic heterocycles. The van der Waals surface area contributed by atoms with E-state index in [1.165, 1.54) is 4.57 Å². The number of imidazole rings is 4. The molecular weight excluding hydrogens is 713 g/mol. The first-order valence-corrected chi connectivity index (χ1v) is 16.9. The Labute approximate surface area is 313 Å². The lowest BCUT2D eigenvalue weighted by Crippen LogP contribution is -2.18. The molecule has 18 nitrogen and oxygen atoms in total. The molecule has 0 aliphatic carbocycles. The zero-order valence-electron chi connectivity index (χ0n) is 28.9. The predicted molar refractivity (Wildman–Crippen MR) is 202 cm³/mol. The van der Waals surface area contributed by atoms with E-state index in [1.54, 1.807) is 99.9 Å². The summed E-state index contributed by atoms with van der Waals surface area (Å²) in [6, 6.07) is 22.1. The van der Waals surface area contributed by atoms with Crippen LogP contribution in [0.25, 0.3) is 56.3 Å². The van der Waals surface area contributed by atoms with Crippen molar-refractivity contribution in [3.63, 3.8) is 0 Å². The summed E-state index contributed by atoms with van der Waals surface area (Å²) >= 11 is 0. The Morgan fingerprint density at radius 2 is 1.12 bits per heavy atom. The zero-order valence-corrected chi connectivity index (χ0v) is 28.9. The predicted octanol–water partition coefficient (Wildman–Crippen LogP) is 3.55. The maximum atomic E-state index is 12.4. The van der Waals surface area contributed by atoms with Gasteiger partial charge in [0.2, 0.25) is 11.9 Å². The number of benzene rings is 2. The summed E-state index contributed by atoms with van der Waals surface area (Å²) in [5.41, 5.74) is 7.25. The number of fused-ring (bicyclic) bond motifs is 4. The molecule has 10 rings (SSSR count). The van der Waals surface area contributed by atoms with Gasteiger partial charge in [0.25, 0.3) is 0 Å². The number of rotatable bonds is 6. The average Bonchev–Trinajstić information content (AvgIpc) is 4.01. The summed E-state index contributed by atoms with van der Waals surface area (Å²) < 4.78 is 6.51. The molecule has 8 aromatic heterocycles. The van der Waals surface area contributed by atoms with Gasteiger partial charge in [0, 0.05) is 24.8 Å². The Morgan fingerprint density at radius 1 is 0.589 bits per heavy atom. The van der Waals surface area contributed by atoms with Gasteiger partial charge in [-0.1, -0.05) is 12.1 Å². The van der Waals surface area contributed by atoms with E-state index in [2.05, 4.69) is 62.0 Å². The number of pyridine rings is 2. The molecule has 0 amide bonds. The maximum absolute atomic E-state index is 12.4. The fourth-order valence-electron chi connectivity index (χ4n) is 6.23. The van der Waals surface area contributed by atoms with Gasteiger partial charge >= 0.3 is 11.4 Å². The first-order valence-electron chi connectivity index (χ1n) is 16.9. The highest BCUT2D eigenvalue weighted by Gasteiger charge is 2.15. The minimum atomic E-state index is -0.271. The summed E-state index contributed by atoms with van der Waals surface area (Å²) in [6.45, 7) is 0.686. The van der Waals surface area contributed by atoms with Crippen molar-refractivity contribution in [2.75, 3.05) is 0 Å². The summed E-state index contributed by atoms with van der Waals surface area (Å²) in [4.78, 5) is 65.0. The fraction of sp³-hybridized carbons (Fsp3) is 0.0526. The molecule has 0 bridgehead atoms. The summed E-state index contributed by atoms with van der Waals surface area (Å²) in [7, 11) is 0. The number of aromatic nitrogens is 14. The number of nitrogens with one attached hydrogen (secondary N) is 2. The summed E-state index contributed by atoms with van der Waals surface area (Å²) in [5.74, 6) is 0.752. The SMILES string of the molecule is N#Cc1ccc2c(c1)ncn2-c1ncc2[nH]c(=O)n(Cc3cccnc3)c2n1.N#Cc1ccc2ncn(-c3ncc4[nH]c(=O)n(Cc5cccnc5)c4n3)c2c1. The Hall–Kier alpha value is -8.64. The second-order valence-electron chi connectivity index (χ2n) is 12.4. The third-order valence-electron chi connectivity index (χ3n) is 8.91. The molecule has 0 spiro atoms. The molecule has 0 radical (unpaired) electrons. The summed E-state index contributed by atoms with van der Waals surface area (Å²) in [6.07, 6.45) is 13.1. The van der Waals surface area contributed by atoms with Gasteiger partial charge in [0.05, 0.1) is 70.8 Å². The van der Waals surface area contributed by atoms with Crippen molar-refractivity contribution in [3.8, 4) is 24.0 Å². The second kappa shape index (κ2) is 13.7. The molecule has 0 saturated heterocycles. The van der Waals surface area contributed by atoms with Crippen molar-refractivity contribution in [2.45, 2.75) is 13.1 Å². The first kappa shape index (κ1) is 33.2. The molecule has 268 valence electrons. The van der Waals surface area contributed by atoms with Crippen LogP contribution in [0.2, 0.25) is 0 Å². The minimum absolute atomic E-state index is 0.264. The highest BCUT2D eigenvalue weighted by molar-refractivity contribution is 5.80. The monoisotopic (exact) mass is 736 g/mol. The van der Waals surface area contributed by atoms with Gasteiger partial charge in [0.15, 0.2) is 11.3 Å². The zero-order chi connectivity index (χ0) is 38.2. The van der Waals surface area contributed by atoms with Gasteiger partial charge < -0.3 is 9.97 Å². The smallest absolute Gasteiger partial charge is 0.303 e. The van der Waals surface area contributed by atoms with Crippen molar-refractivity contribution in [3.05, 3.63) is 154 Å². The van der Waals surface area contributed by atoms with E-state index in [-0.39, 0.29) is 11.4 Å². The molecule has 0 atom stereocenters. The normalized spacial score (nSPS) is 11.1. The van der Waals surface area contributed by atoms with Crippen LogP contribution in [0, 0.1) is 22.7 Å². The van der Waals surface area contributed by atoms with Crippen molar-refractivity contribution in [1.29, 1.82) is 10.5 Å². The second-order valence-corrected chi connectivity index (χ2v) is 12.4. The molecule has 0 unspecified atom stereocenters. The molecule has 10 aromatic rings. The van der Waals surface area contributed by atoms with Gasteiger partial charge in [-0.25, -0.2) is 29.5 Å². The Kier molecular flexibility index (Phi) is 8.14. The number of hydrogen-bond acceptors (Lipinski definition) is 12. The van der Waals surface area contributed by atoms with E-state index >= 15 is 0 Å². The third-order valence-corrected chi connectivity index (χ3v) is 8.91. The number of H-pyrrole nitrogens is 2. The van der Waals surface area contributed by atoms with Crippen molar-refractivity contribution in [2.24, 2.45) is 0 Å². The van der Waals surface area contributed by atoms with Gasteiger partial charge in [-0.2, -0.15) is 20.5 Å². The Balaban J connectivity index is 0.000000146.